The molecule has 0 atom stereocenters. The van der Waals surface area contributed by atoms with E-state index in [0.717, 1.165) is 11.4 Å². The van der Waals surface area contributed by atoms with Gasteiger partial charge in [-0.05, 0) is 24.3 Å². The zero-order valence-corrected chi connectivity index (χ0v) is 14.7. The number of amides is 1. The van der Waals surface area contributed by atoms with Crippen molar-refractivity contribution in [2.75, 3.05) is 24.9 Å². The molecule has 0 aliphatic rings. The first-order valence-electron chi connectivity index (χ1n) is 8.15. The Morgan fingerprint density at radius 1 is 0.769 bits per heavy atom. The molecule has 3 aromatic rings. The monoisotopic (exact) mass is 348 g/mol. The Kier molecular flexibility index (Phi) is 5.39. The zero-order valence-electron chi connectivity index (χ0n) is 14.7. The molecular formula is C21H20N2O3. The molecular weight excluding hydrogens is 328 g/mol. The van der Waals surface area contributed by atoms with Gasteiger partial charge in [0.05, 0.1) is 25.5 Å². The molecule has 132 valence electrons. The van der Waals surface area contributed by atoms with Gasteiger partial charge in [-0.3, -0.25) is 4.79 Å². The summed E-state index contributed by atoms with van der Waals surface area (Å²) in [5.41, 5.74) is 2.78. The third kappa shape index (κ3) is 4.13. The number of hydrogen-bond donors (Lipinski definition) is 2. The van der Waals surface area contributed by atoms with E-state index >= 15 is 0 Å². The fourth-order valence-electron chi connectivity index (χ4n) is 2.55. The first-order chi connectivity index (χ1) is 12.7. The molecule has 0 aromatic heterocycles. The Morgan fingerprint density at radius 3 is 2.04 bits per heavy atom. The minimum atomic E-state index is -0.223. The summed E-state index contributed by atoms with van der Waals surface area (Å²) in [4.78, 5) is 12.8. The molecule has 0 saturated heterocycles. The Morgan fingerprint density at radius 2 is 1.38 bits per heavy atom. The molecule has 5 heteroatoms. The lowest BCUT2D eigenvalue weighted by molar-refractivity contribution is 0.102. The molecule has 0 radical (unpaired) electrons. The van der Waals surface area contributed by atoms with E-state index in [0.29, 0.717) is 22.7 Å². The lowest BCUT2D eigenvalue weighted by Crippen LogP contribution is -2.14. The molecule has 3 aromatic carbocycles. The van der Waals surface area contributed by atoms with Crippen LogP contribution in [-0.4, -0.2) is 20.1 Å². The second kappa shape index (κ2) is 8.07. The minimum absolute atomic E-state index is 0.223. The van der Waals surface area contributed by atoms with Crippen LogP contribution in [0.5, 0.6) is 11.5 Å². The fraction of sp³-hybridized carbons (Fsp3) is 0.0952. The van der Waals surface area contributed by atoms with Crippen molar-refractivity contribution in [1.29, 1.82) is 0 Å². The summed E-state index contributed by atoms with van der Waals surface area (Å²) in [6, 6.07) is 22.3. The quantitative estimate of drug-likeness (QED) is 0.678. The van der Waals surface area contributed by atoms with Crippen molar-refractivity contribution in [2.24, 2.45) is 0 Å². The maximum atomic E-state index is 12.8. The lowest BCUT2D eigenvalue weighted by Gasteiger charge is -2.13. The van der Waals surface area contributed by atoms with E-state index in [1.807, 2.05) is 48.5 Å². The van der Waals surface area contributed by atoms with Gasteiger partial charge in [0, 0.05) is 29.6 Å². The fourth-order valence-corrected chi connectivity index (χ4v) is 2.55. The second-order valence-corrected chi connectivity index (χ2v) is 5.59. The highest BCUT2D eigenvalue weighted by atomic mass is 16.5. The number of nitrogens with one attached hydrogen (secondary N) is 2. The van der Waals surface area contributed by atoms with Crippen molar-refractivity contribution in [3.63, 3.8) is 0 Å². The SMILES string of the molecule is COc1cc(NC(=O)c2ccccc2Nc2ccccc2)cc(OC)c1. The van der Waals surface area contributed by atoms with Crippen LogP contribution in [0.15, 0.2) is 72.8 Å². The number of para-hydroxylation sites is 2. The van der Waals surface area contributed by atoms with Gasteiger partial charge in [-0.15, -0.1) is 0 Å². The van der Waals surface area contributed by atoms with Crippen molar-refractivity contribution in [2.45, 2.75) is 0 Å². The molecule has 0 aliphatic heterocycles. The molecule has 0 spiro atoms. The van der Waals surface area contributed by atoms with E-state index in [-0.39, 0.29) is 5.91 Å². The number of anilines is 3. The lowest BCUT2D eigenvalue weighted by atomic mass is 10.1. The Bertz CT molecular complexity index is 873. The summed E-state index contributed by atoms with van der Waals surface area (Å²) in [6.07, 6.45) is 0. The topological polar surface area (TPSA) is 59.6 Å². The number of rotatable bonds is 6. The summed E-state index contributed by atoms with van der Waals surface area (Å²) >= 11 is 0. The Balaban J connectivity index is 1.85. The van der Waals surface area contributed by atoms with Crippen LogP contribution < -0.4 is 20.1 Å². The van der Waals surface area contributed by atoms with Crippen LogP contribution >= 0.6 is 0 Å². The maximum absolute atomic E-state index is 12.8. The molecule has 1 amide bonds. The largest absolute Gasteiger partial charge is 0.497 e. The highest BCUT2D eigenvalue weighted by Crippen LogP contribution is 2.27. The van der Waals surface area contributed by atoms with Crippen molar-refractivity contribution in [1.82, 2.24) is 0 Å². The molecule has 0 heterocycles. The number of hydrogen-bond acceptors (Lipinski definition) is 4. The van der Waals surface area contributed by atoms with E-state index in [4.69, 9.17) is 9.47 Å². The molecule has 0 unspecified atom stereocenters. The van der Waals surface area contributed by atoms with Gasteiger partial charge in [0.1, 0.15) is 11.5 Å². The van der Waals surface area contributed by atoms with Gasteiger partial charge in [-0.25, -0.2) is 0 Å². The van der Waals surface area contributed by atoms with E-state index in [1.165, 1.54) is 0 Å². The summed E-state index contributed by atoms with van der Waals surface area (Å²) in [7, 11) is 3.14. The molecule has 2 N–H and O–H groups in total. The molecule has 5 nitrogen and oxygen atoms in total. The van der Waals surface area contributed by atoms with Crippen molar-refractivity contribution in [3.05, 3.63) is 78.4 Å². The number of carbonyl (C=O) groups is 1. The number of ether oxygens (including phenoxy) is 2. The van der Waals surface area contributed by atoms with Crippen LogP contribution in [0.1, 0.15) is 10.4 Å². The van der Waals surface area contributed by atoms with Gasteiger partial charge < -0.3 is 20.1 Å². The molecule has 26 heavy (non-hydrogen) atoms. The van der Waals surface area contributed by atoms with Crippen LogP contribution in [0.2, 0.25) is 0 Å². The van der Waals surface area contributed by atoms with Crippen molar-refractivity contribution >= 4 is 23.0 Å². The van der Waals surface area contributed by atoms with Gasteiger partial charge in [-0.2, -0.15) is 0 Å². The van der Waals surface area contributed by atoms with Crippen molar-refractivity contribution < 1.29 is 14.3 Å². The molecule has 0 aliphatic carbocycles. The third-order valence-corrected chi connectivity index (χ3v) is 3.83. The van der Waals surface area contributed by atoms with E-state index in [9.17, 15) is 4.79 Å². The highest BCUT2D eigenvalue weighted by molar-refractivity contribution is 6.08. The maximum Gasteiger partial charge on any atom is 0.257 e. The normalized spacial score (nSPS) is 10.1. The van der Waals surface area contributed by atoms with Gasteiger partial charge in [0.25, 0.3) is 5.91 Å². The minimum Gasteiger partial charge on any atom is -0.497 e. The first kappa shape index (κ1) is 17.4. The average molecular weight is 348 g/mol. The van der Waals surface area contributed by atoms with Crippen LogP contribution in [0.3, 0.4) is 0 Å². The van der Waals surface area contributed by atoms with Gasteiger partial charge >= 0.3 is 0 Å². The van der Waals surface area contributed by atoms with Crippen LogP contribution in [0.25, 0.3) is 0 Å². The van der Waals surface area contributed by atoms with Gasteiger partial charge in [-0.1, -0.05) is 30.3 Å². The van der Waals surface area contributed by atoms with Crippen molar-refractivity contribution in [3.8, 4) is 11.5 Å². The van der Waals surface area contributed by atoms with Crippen LogP contribution in [0.4, 0.5) is 17.1 Å². The Hall–Kier alpha value is -3.47. The molecule has 0 saturated carbocycles. The van der Waals surface area contributed by atoms with Crippen LogP contribution in [0, 0.1) is 0 Å². The first-order valence-corrected chi connectivity index (χ1v) is 8.15. The zero-order chi connectivity index (χ0) is 18.4. The highest BCUT2D eigenvalue weighted by Gasteiger charge is 2.12. The number of methoxy groups -OCH3 is 2. The molecule has 3 rings (SSSR count). The van der Waals surface area contributed by atoms with Gasteiger partial charge in [0.2, 0.25) is 0 Å². The third-order valence-electron chi connectivity index (χ3n) is 3.83. The number of carbonyl (C=O) groups excluding carboxylic acids is 1. The average Bonchev–Trinajstić information content (AvgIpc) is 2.68. The van der Waals surface area contributed by atoms with Gasteiger partial charge in [0.15, 0.2) is 0 Å². The van der Waals surface area contributed by atoms with E-state index in [2.05, 4.69) is 10.6 Å². The predicted molar refractivity (Wildman–Crippen MR) is 104 cm³/mol. The molecule has 0 bridgehead atoms. The van der Waals surface area contributed by atoms with Crippen LogP contribution in [-0.2, 0) is 0 Å². The summed E-state index contributed by atoms with van der Waals surface area (Å²) in [5, 5.41) is 6.17. The second-order valence-electron chi connectivity index (χ2n) is 5.59. The van der Waals surface area contributed by atoms with E-state index < -0.39 is 0 Å². The number of benzene rings is 3. The summed E-state index contributed by atoms with van der Waals surface area (Å²) < 4.78 is 10.5. The summed E-state index contributed by atoms with van der Waals surface area (Å²) in [5.74, 6) is 0.991. The summed E-state index contributed by atoms with van der Waals surface area (Å²) in [6.45, 7) is 0. The molecule has 0 fully saturated rings. The Labute approximate surface area is 152 Å². The predicted octanol–water partition coefficient (Wildman–Crippen LogP) is 4.70. The standard InChI is InChI=1S/C21H20N2O3/c1-25-17-12-16(13-18(14-17)26-2)23-21(24)19-10-6-7-11-20(19)22-15-8-4-3-5-9-15/h3-14,22H,1-2H3,(H,23,24). The van der Waals surface area contributed by atoms with E-state index in [1.54, 1.807) is 38.5 Å². The smallest absolute Gasteiger partial charge is 0.257 e.